The van der Waals surface area contributed by atoms with Crippen LogP contribution in [0.3, 0.4) is 0 Å². The zero-order valence-electron chi connectivity index (χ0n) is 29.6. The molecule has 0 aliphatic carbocycles. The van der Waals surface area contributed by atoms with E-state index in [0.29, 0.717) is 11.4 Å². The van der Waals surface area contributed by atoms with E-state index in [-0.39, 0.29) is 0 Å². The first-order valence-corrected chi connectivity index (χ1v) is 18.7. The summed E-state index contributed by atoms with van der Waals surface area (Å²) < 4.78 is 6.52. The Bertz CT molecular complexity index is 3510. The van der Waals surface area contributed by atoms with Gasteiger partial charge in [0.25, 0.3) is 0 Å². The van der Waals surface area contributed by atoms with Crippen LogP contribution in [0.5, 0.6) is 0 Å². The van der Waals surface area contributed by atoms with Gasteiger partial charge in [-0.3, -0.25) is 0 Å². The lowest BCUT2D eigenvalue weighted by Crippen LogP contribution is -1.96. The first kappa shape index (κ1) is 30.1. The van der Waals surface area contributed by atoms with Gasteiger partial charge in [-0.1, -0.05) is 152 Å². The van der Waals surface area contributed by atoms with Crippen LogP contribution in [0.4, 0.5) is 0 Å². The summed E-state index contributed by atoms with van der Waals surface area (Å²) in [6, 6.07) is 65.2. The SMILES string of the molecule is c1ccc(-c2nc(-c3cc(-c4ccc5c6ccccc6c6ccccc6c5c4)cc4c5ccccc5c5ccccc5c34)nc3c2oc2ccccc23)cc1. The van der Waals surface area contributed by atoms with Gasteiger partial charge in [0.2, 0.25) is 0 Å². The van der Waals surface area contributed by atoms with Gasteiger partial charge in [0.1, 0.15) is 16.8 Å². The Balaban J connectivity index is 1.23. The highest BCUT2D eigenvalue weighted by molar-refractivity contribution is 6.29. The monoisotopic (exact) mass is 698 g/mol. The molecule has 0 aliphatic heterocycles. The van der Waals surface area contributed by atoms with Crippen LogP contribution in [0.25, 0.3) is 120 Å². The molecule has 0 amide bonds. The number of hydrogen-bond acceptors (Lipinski definition) is 3. The van der Waals surface area contributed by atoms with Crippen LogP contribution in [0, 0.1) is 0 Å². The van der Waals surface area contributed by atoms with Crippen LogP contribution in [-0.4, -0.2) is 9.97 Å². The highest BCUT2D eigenvalue weighted by Gasteiger charge is 2.22. The van der Waals surface area contributed by atoms with Gasteiger partial charge in [0, 0.05) is 21.9 Å². The summed E-state index contributed by atoms with van der Waals surface area (Å²) in [5, 5.41) is 15.7. The first-order chi connectivity index (χ1) is 27.3. The van der Waals surface area contributed by atoms with Crippen LogP contribution in [0.15, 0.2) is 186 Å². The summed E-state index contributed by atoms with van der Waals surface area (Å²) in [7, 11) is 0. The normalized spacial score (nSPS) is 12.0. The molecule has 55 heavy (non-hydrogen) atoms. The molecule has 0 N–H and O–H groups in total. The van der Waals surface area contributed by atoms with E-state index < -0.39 is 0 Å². The Morgan fingerprint density at radius 1 is 0.327 bits per heavy atom. The van der Waals surface area contributed by atoms with Crippen molar-refractivity contribution in [2.24, 2.45) is 0 Å². The largest absolute Gasteiger partial charge is 0.452 e. The average molecular weight is 699 g/mol. The molecule has 12 aromatic rings. The Hall–Kier alpha value is -7.36. The molecule has 0 fully saturated rings. The molecule has 0 radical (unpaired) electrons. The number of nitrogens with zero attached hydrogens (tertiary/aromatic N) is 2. The molecular formula is C52H30N2O. The number of rotatable bonds is 3. The van der Waals surface area contributed by atoms with E-state index in [1.807, 2.05) is 36.4 Å². The summed E-state index contributed by atoms with van der Waals surface area (Å²) >= 11 is 0. The maximum Gasteiger partial charge on any atom is 0.180 e. The van der Waals surface area contributed by atoms with Crippen molar-refractivity contribution in [3.8, 4) is 33.8 Å². The first-order valence-electron chi connectivity index (χ1n) is 18.7. The van der Waals surface area contributed by atoms with E-state index in [1.54, 1.807) is 0 Å². The van der Waals surface area contributed by atoms with Gasteiger partial charge >= 0.3 is 0 Å². The molecule has 2 heterocycles. The summed E-state index contributed by atoms with van der Waals surface area (Å²) in [5.74, 6) is 0.669. The fraction of sp³-hybridized carbons (Fsp3) is 0. The third-order valence-electron chi connectivity index (χ3n) is 11.4. The Labute approximate surface area is 315 Å². The molecular weight excluding hydrogens is 669 g/mol. The Morgan fingerprint density at radius 3 is 1.47 bits per heavy atom. The maximum atomic E-state index is 6.52. The molecule has 3 heteroatoms. The summed E-state index contributed by atoms with van der Waals surface area (Å²) in [5.41, 5.74) is 7.32. The van der Waals surface area contributed by atoms with Crippen molar-refractivity contribution in [2.45, 2.75) is 0 Å². The molecule has 0 aliphatic rings. The smallest absolute Gasteiger partial charge is 0.180 e. The van der Waals surface area contributed by atoms with Crippen LogP contribution < -0.4 is 0 Å². The van der Waals surface area contributed by atoms with E-state index in [4.69, 9.17) is 14.4 Å². The highest BCUT2D eigenvalue weighted by atomic mass is 16.3. The lowest BCUT2D eigenvalue weighted by atomic mass is 9.87. The lowest BCUT2D eigenvalue weighted by Gasteiger charge is -2.17. The predicted octanol–water partition coefficient (Wildman–Crippen LogP) is 14.3. The number of hydrogen-bond donors (Lipinski definition) is 0. The van der Waals surface area contributed by atoms with Crippen molar-refractivity contribution in [2.75, 3.05) is 0 Å². The molecule has 10 aromatic carbocycles. The molecule has 12 rings (SSSR count). The molecule has 0 bridgehead atoms. The quantitative estimate of drug-likeness (QED) is 0.172. The van der Waals surface area contributed by atoms with Gasteiger partial charge in [-0.05, 0) is 101 Å². The van der Waals surface area contributed by atoms with E-state index in [1.165, 1.54) is 59.2 Å². The Kier molecular flexibility index (Phi) is 6.34. The second-order valence-electron chi connectivity index (χ2n) is 14.4. The van der Waals surface area contributed by atoms with Gasteiger partial charge in [-0.2, -0.15) is 0 Å². The predicted molar refractivity (Wildman–Crippen MR) is 231 cm³/mol. The van der Waals surface area contributed by atoms with Crippen molar-refractivity contribution in [1.29, 1.82) is 0 Å². The number of aromatic nitrogens is 2. The average Bonchev–Trinajstić information content (AvgIpc) is 3.65. The topological polar surface area (TPSA) is 38.9 Å². The number of para-hydroxylation sites is 1. The fourth-order valence-corrected chi connectivity index (χ4v) is 8.97. The van der Waals surface area contributed by atoms with Crippen molar-refractivity contribution in [3.05, 3.63) is 182 Å². The standard InChI is InChI=1S/C52H30N2O/c1-2-14-31(15-3-1)49-51-50(43-24-12-13-25-47(43)55-51)54-52(53-49)46-30-33(29-45-40-22-9-7-19-37(40)38-20-10-11-23-42(38)48(45)46)32-26-27-41-36-18-5-4-16-34(36)35-17-6-8-21-39(35)44(41)28-32/h1-30H. The molecule has 0 atom stereocenters. The van der Waals surface area contributed by atoms with Crippen molar-refractivity contribution < 1.29 is 4.42 Å². The van der Waals surface area contributed by atoms with Gasteiger partial charge in [-0.25, -0.2) is 9.97 Å². The minimum absolute atomic E-state index is 0.669. The molecule has 0 unspecified atom stereocenters. The second-order valence-corrected chi connectivity index (χ2v) is 14.4. The van der Waals surface area contributed by atoms with E-state index >= 15 is 0 Å². The molecule has 0 saturated heterocycles. The molecule has 0 spiro atoms. The lowest BCUT2D eigenvalue weighted by molar-refractivity contribution is 0.667. The Morgan fingerprint density at radius 2 is 0.818 bits per heavy atom. The second kappa shape index (κ2) is 11.6. The van der Waals surface area contributed by atoms with Crippen LogP contribution in [0.2, 0.25) is 0 Å². The van der Waals surface area contributed by atoms with Crippen molar-refractivity contribution >= 4 is 86.7 Å². The minimum atomic E-state index is 0.669. The zero-order valence-corrected chi connectivity index (χ0v) is 29.6. The van der Waals surface area contributed by atoms with E-state index in [2.05, 4.69) is 146 Å². The molecule has 254 valence electrons. The molecule has 0 saturated carbocycles. The van der Waals surface area contributed by atoms with Gasteiger partial charge < -0.3 is 4.42 Å². The minimum Gasteiger partial charge on any atom is -0.452 e. The number of benzene rings is 10. The van der Waals surface area contributed by atoms with Crippen LogP contribution in [0.1, 0.15) is 0 Å². The van der Waals surface area contributed by atoms with E-state index in [9.17, 15) is 0 Å². The molecule has 2 aromatic heterocycles. The van der Waals surface area contributed by atoms with Crippen molar-refractivity contribution in [1.82, 2.24) is 9.97 Å². The number of furan rings is 1. The van der Waals surface area contributed by atoms with Gasteiger partial charge in [0.15, 0.2) is 11.4 Å². The van der Waals surface area contributed by atoms with Crippen molar-refractivity contribution in [3.63, 3.8) is 0 Å². The van der Waals surface area contributed by atoms with Crippen LogP contribution in [-0.2, 0) is 0 Å². The van der Waals surface area contributed by atoms with Gasteiger partial charge in [-0.15, -0.1) is 0 Å². The highest BCUT2D eigenvalue weighted by Crippen LogP contribution is 2.45. The van der Waals surface area contributed by atoms with E-state index in [0.717, 1.165) is 49.8 Å². The third-order valence-corrected chi connectivity index (χ3v) is 11.4. The van der Waals surface area contributed by atoms with Gasteiger partial charge in [0.05, 0.1) is 0 Å². The molecule has 3 nitrogen and oxygen atoms in total. The zero-order chi connectivity index (χ0) is 36.0. The summed E-state index contributed by atoms with van der Waals surface area (Å²) in [6.07, 6.45) is 0. The van der Waals surface area contributed by atoms with Crippen LogP contribution >= 0.6 is 0 Å². The maximum absolute atomic E-state index is 6.52. The number of fused-ring (bicyclic) bond motifs is 15. The summed E-state index contributed by atoms with van der Waals surface area (Å²) in [4.78, 5) is 10.8. The third kappa shape index (κ3) is 4.44. The summed E-state index contributed by atoms with van der Waals surface area (Å²) in [6.45, 7) is 0. The fourth-order valence-electron chi connectivity index (χ4n) is 8.97.